The molecule has 0 saturated carbocycles. The Morgan fingerprint density at radius 1 is 1.29 bits per heavy atom. The Bertz CT molecular complexity index is 379. The summed E-state index contributed by atoms with van der Waals surface area (Å²) in [5, 5.41) is 11.4. The van der Waals surface area contributed by atoms with Gasteiger partial charge in [-0.15, -0.1) is 0 Å². The van der Waals surface area contributed by atoms with Crippen molar-refractivity contribution in [1.29, 1.82) is 0 Å². The summed E-state index contributed by atoms with van der Waals surface area (Å²) >= 11 is 1.33. The molecule has 0 aromatic carbocycles. The number of alkyl carbamates (subject to hydrolysis) is 1. The van der Waals surface area contributed by atoms with Gasteiger partial charge < -0.3 is 20.1 Å². The number of carboxylic acid groups (broad SMARTS) is 1. The molecule has 0 aliphatic carbocycles. The zero-order chi connectivity index (χ0) is 16.6. The van der Waals surface area contributed by atoms with Crippen LogP contribution in [0.2, 0.25) is 0 Å². The molecule has 1 atom stereocenters. The van der Waals surface area contributed by atoms with Crippen molar-refractivity contribution in [3.05, 3.63) is 0 Å². The van der Waals surface area contributed by atoms with Gasteiger partial charge in [-0.05, 0) is 32.9 Å². The number of ether oxygens (including phenoxy) is 1. The molecule has 122 valence electrons. The van der Waals surface area contributed by atoms with Crippen LogP contribution in [0.3, 0.4) is 0 Å². The molecule has 0 spiro atoms. The number of hydrogen-bond acceptors (Lipinski definition) is 5. The van der Waals surface area contributed by atoms with Gasteiger partial charge in [-0.25, -0.2) is 9.59 Å². The molecule has 0 rings (SSSR count). The predicted octanol–water partition coefficient (Wildman–Crippen LogP) is 1.18. The van der Waals surface area contributed by atoms with Crippen LogP contribution in [-0.2, 0) is 14.3 Å². The normalized spacial score (nSPS) is 12.4. The van der Waals surface area contributed by atoms with Crippen molar-refractivity contribution in [3.63, 3.8) is 0 Å². The van der Waals surface area contributed by atoms with Crippen LogP contribution in [0.25, 0.3) is 0 Å². The molecule has 2 amide bonds. The molecule has 0 aromatic heterocycles. The molecule has 1 unspecified atom stereocenters. The summed E-state index contributed by atoms with van der Waals surface area (Å²) in [6.45, 7) is 5.10. The Morgan fingerprint density at radius 2 is 1.86 bits per heavy atom. The van der Waals surface area contributed by atoms with E-state index in [1.165, 1.54) is 16.7 Å². The number of amides is 2. The largest absolute Gasteiger partial charge is 0.480 e. The molecule has 0 aromatic rings. The summed E-state index contributed by atoms with van der Waals surface area (Å²) in [5.41, 5.74) is -0.681. The number of rotatable bonds is 7. The third kappa shape index (κ3) is 10.0. The van der Waals surface area contributed by atoms with Crippen molar-refractivity contribution in [3.8, 4) is 0 Å². The molecule has 2 N–H and O–H groups in total. The number of aliphatic carboxylic acids is 1. The van der Waals surface area contributed by atoms with Gasteiger partial charge in [0.2, 0.25) is 5.91 Å². The SMILES string of the molecule is CN(C)C(=O)CSCCC(NC(=O)OC(C)(C)C)C(=O)O. The summed E-state index contributed by atoms with van der Waals surface area (Å²) < 4.78 is 5.01. The van der Waals surface area contributed by atoms with Crippen molar-refractivity contribution in [2.24, 2.45) is 0 Å². The van der Waals surface area contributed by atoms with Crippen molar-refractivity contribution in [2.45, 2.75) is 38.8 Å². The topological polar surface area (TPSA) is 95.9 Å². The number of nitrogens with one attached hydrogen (secondary N) is 1. The highest BCUT2D eigenvalue weighted by molar-refractivity contribution is 7.99. The molecule has 21 heavy (non-hydrogen) atoms. The van der Waals surface area contributed by atoms with E-state index in [1.807, 2.05) is 0 Å². The first-order chi connectivity index (χ1) is 9.53. The fourth-order valence-corrected chi connectivity index (χ4v) is 2.18. The molecule has 7 nitrogen and oxygen atoms in total. The van der Waals surface area contributed by atoms with Crippen LogP contribution in [0.4, 0.5) is 4.79 Å². The molecule has 0 radical (unpaired) electrons. The number of thioether (sulfide) groups is 1. The minimum Gasteiger partial charge on any atom is -0.480 e. The number of hydrogen-bond donors (Lipinski definition) is 2. The zero-order valence-corrected chi connectivity index (χ0v) is 14.0. The smallest absolute Gasteiger partial charge is 0.408 e. The molecular formula is C13H24N2O5S. The first-order valence-corrected chi connectivity index (χ1v) is 7.68. The quantitative estimate of drug-likeness (QED) is 0.684. The lowest BCUT2D eigenvalue weighted by Crippen LogP contribution is -2.43. The summed E-state index contributed by atoms with van der Waals surface area (Å²) in [6, 6.07) is -1.03. The maximum absolute atomic E-state index is 11.5. The van der Waals surface area contributed by atoms with E-state index in [-0.39, 0.29) is 18.1 Å². The highest BCUT2D eigenvalue weighted by Crippen LogP contribution is 2.09. The van der Waals surface area contributed by atoms with Gasteiger partial charge in [-0.1, -0.05) is 0 Å². The van der Waals surface area contributed by atoms with E-state index in [0.29, 0.717) is 5.75 Å². The number of nitrogens with zero attached hydrogens (tertiary/aromatic N) is 1. The monoisotopic (exact) mass is 320 g/mol. The Labute approximate surface area is 129 Å². The molecule has 0 aliphatic heterocycles. The van der Waals surface area contributed by atoms with Crippen LogP contribution in [-0.4, -0.2) is 65.2 Å². The standard InChI is InChI=1S/C13H24N2O5S/c1-13(2,3)20-12(19)14-9(11(17)18)6-7-21-8-10(16)15(4)5/h9H,6-8H2,1-5H3,(H,14,19)(H,17,18). The van der Waals surface area contributed by atoms with Crippen LogP contribution in [0, 0.1) is 0 Å². The molecule has 0 aliphatic rings. The second-order valence-corrected chi connectivity index (χ2v) is 6.77. The fraction of sp³-hybridized carbons (Fsp3) is 0.769. The van der Waals surface area contributed by atoms with E-state index in [4.69, 9.17) is 9.84 Å². The van der Waals surface area contributed by atoms with Gasteiger partial charge in [-0.2, -0.15) is 11.8 Å². The van der Waals surface area contributed by atoms with E-state index in [9.17, 15) is 14.4 Å². The number of carboxylic acids is 1. The minimum absolute atomic E-state index is 0.0352. The van der Waals surface area contributed by atoms with Crippen LogP contribution in [0.15, 0.2) is 0 Å². The van der Waals surface area contributed by atoms with E-state index in [2.05, 4.69) is 5.32 Å². The van der Waals surface area contributed by atoms with Gasteiger partial charge in [0.15, 0.2) is 0 Å². The van der Waals surface area contributed by atoms with Gasteiger partial charge >= 0.3 is 12.1 Å². The van der Waals surface area contributed by atoms with Crippen LogP contribution in [0.5, 0.6) is 0 Å². The maximum atomic E-state index is 11.5. The second kappa shape index (κ2) is 8.76. The maximum Gasteiger partial charge on any atom is 0.408 e. The molecule has 0 fully saturated rings. The Kier molecular flexibility index (Phi) is 8.16. The van der Waals surface area contributed by atoms with Crippen molar-refractivity contribution < 1.29 is 24.2 Å². The van der Waals surface area contributed by atoms with Crippen LogP contribution in [0.1, 0.15) is 27.2 Å². The average molecular weight is 320 g/mol. The van der Waals surface area contributed by atoms with Gasteiger partial charge in [0.05, 0.1) is 5.75 Å². The van der Waals surface area contributed by atoms with E-state index in [0.717, 1.165) is 0 Å². The molecule has 8 heteroatoms. The van der Waals surface area contributed by atoms with Gasteiger partial charge in [0.25, 0.3) is 0 Å². The van der Waals surface area contributed by atoms with Crippen LogP contribution < -0.4 is 5.32 Å². The minimum atomic E-state index is -1.12. The highest BCUT2D eigenvalue weighted by atomic mass is 32.2. The number of carbonyl (C=O) groups excluding carboxylic acids is 2. The van der Waals surface area contributed by atoms with E-state index < -0.39 is 23.7 Å². The first kappa shape index (κ1) is 19.6. The van der Waals surface area contributed by atoms with Crippen molar-refractivity contribution >= 4 is 29.7 Å². The Hall–Kier alpha value is -1.44. The lowest BCUT2D eigenvalue weighted by atomic mass is 10.2. The van der Waals surface area contributed by atoms with Gasteiger partial charge in [-0.3, -0.25) is 4.79 Å². The second-order valence-electron chi connectivity index (χ2n) is 5.67. The molecule has 0 saturated heterocycles. The van der Waals surface area contributed by atoms with Gasteiger partial charge in [0.1, 0.15) is 11.6 Å². The summed E-state index contributed by atoms with van der Waals surface area (Å²) in [5.74, 6) is -0.426. The third-order valence-corrected chi connectivity index (χ3v) is 3.24. The summed E-state index contributed by atoms with van der Waals surface area (Å²) in [6.07, 6.45) is -0.538. The fourth-order valence-electron chi connectivity index (χ4n) is 1.20. The molecular weight excluding hydrogens is 296 g/mol. The zero-order valence-electron chi connectivity index (χ0n) is 13.1. The summed E-state index contributed by atoms with van der Waals surface area (Å²) in [7, 11) is 3.32. The average Bonchev–Trinajstić information content (AvgIpc) is 2.29. The third-order valence-electron chi connectivity index (χ3n) is 2.26. The number of carbonyl (C=O) groups is 3. The summed E-state index contributed by atoms with van der Waals surface area (Å²) in [4.78, 5) is 35.4. The van der Waals surface area contributed by atoms with Crippen LogP contribution >= 0.6 is 11.8 Å². The lowest BCUT2D eigenvalue weighted by Gasteiger charge is -2.22. The van der Waals surface area contributed by atoms with E-state index in [1.54, 1.807) is 34.9 Å². The van der Waals surface area contributed by atoms with E-state index >= 15 is 0 Å². The molecule has 0 heterocycles. The Balaban J connectivity index is 4.18. The highest BCUT2D eigenvalue weighted by Gasteiger charge is 2.23. The molecule has 0 bridgehead atoms. The predicted molar refractivity (Wildman–Crippen MR) is 81.4 cm³/mol. The first-order valence-electron chi connectivity index (χ1n) is 6.53. The van der Waals surface area contributed by atoms with Gasteiger partial charge in [0, 0.05) is 14.1 Å². The van der Waals surface area contributed by atoms with Crippen molar-refractivity contribution in [1.82, 2.24) is 10.2 Å². The lowest BCUT2D eigenvalue weighted by molar-refractivity contribution is -0.139. The van der Waals surface area contributed by atoms with Crippen molar-refractivity contribution in [2.75, 3.05) is 25.6 Å². The Morgan fingerprint density at radius 3 is 2.29 bits per heavy atom.